The molecule has 2 N–H and O–H groups in total. The number of thiophene rings is 1. The number of carbonyl (C=O) groups excluding carboxylic acids is 1. The fourth-order valence-electron chi connectivity index (χ4n) is 3.66. The quantitative estimate of drug-likeness (QED) is 0.661. The number of benzene rings is 1. The van der Waals surface area contributed by atoms with E-state index in [1.54, 1.807) is 0 Å². The number of aromatic nitrogens is 1. The topological polar surface area (TPSA) is 51.4 Å². The number of H-pyrrole nitrogens is 1. The van der Waals surface area contributed by atoms with Gasteiger partial charge in [-0.1, -0.05) is 24.3 Å². The lowest BCUT2D eigenvalue weighted by molar-refractivity contribution is -0.122. The molecule has 27 heavy (non-hydrogen) atoms. The summed E-state index contributed by atoms with van der Waals surface area (Å²) >= 11 is 1.81. The third-order valence-corrected chi connectivity index (χ3v) is 6.04. The first-order valence-corrected chi connectivity index (χ1v) is 10.4. The molecule has 1 saturated heterocycles. The van der Waals surface area contributed by atoms with Gasteiger partial charge in [-0.2, -0.15) is 0 Å². The van der Waals surface area contributed by atoms with E-state index in [1.807, 2.05) is 23.6 Å². The van der Waals surface area contributed by atoms with Gasteiger partial charge in [0, 0.05) is 61.2 Å². The minimum absolute atomic E-state index is 0.126. The molecule has 5 nitrogen and oxygen atoms in total. The normalized spacial score (nSPS) is 16.0. The van der Waals surface area contributed by atoms with E-state index < -0.39 is 0 Å². The van der Waals surface area contributed by atoms with Crippen LogP contribution in [0.15, 0.2) is 48.0 Å². The van der Waals surface area contributed by atoms with Crippen LogP contribution in [0.25, 0.3) is 10.9 Å². The summed E-state index contributed by atoms with van der Waals surface area (Å²) in [4.78, 5) is 21.7. The van der Waals surface area contributed by atoms with Crippen molar-refractivity contribution in [3.05, 3.63) is 58.4 Å². The molecule has 1 aliphatic rings. The molecule has 3 aromatic rings. The summed E-state index contributed by atoms with van der Waals surface area (Å²) in [7, 11) is 0. The number of hydrogen-bond donors (Lipinski definition) is 2. The first-order chi connectivity index (χ1) is 13.3. The highest BCUT2D eigenvalue weighted by Gasteiger charge is 2.19. The van der Waals surface area contributed by atoms with Gasteiger partial charge in [-0.15, -0.1) is 11.3 Å². The summed E-state index contributed by atoms with van der Waals surface area (Å²) in [6.45, 7) is 6.19. The van der Waals surface area contributed by atoms with E-state index in [9.17, 15) is 4.79 Å². The summed E-state index contributed by atoms with van der Waals surface area (Å²) in [6.07, 6.45) is 2.90. The second-order valence-electron chi connectivity index (χ2n) is 7.09. The van der Waals surface area contributed by atoms with E-state index in [-0.39, 0.29) is 5.91 Å². The molecule has 4 rings (SSSR count). The van der Waals surface area contributed by atoms with Crippen LogP contribution in [0.3, 0.4) is 0 Å². The van der Waals surface area contributed by atoms with E-state index in [1.165, 1.54) is 15.8 Å². The van der Waals surface area contributed by atoms with Crippen LogP contribution >= 0.6 is 11.3 Å². The molecule has 0 radical (unpaired) electrons. The molecule has 1 amide bonds. The molecule has 6 heteroatoms. The fourth-order valence-corrected chi connectivity index (χ4v) is 4.41. The Morgan fingerprint density at radius 3 is 2.70 bits per heavy atom. The van der Waals surface area contributed by atoms with Crippen LogP contribution in [0, 0.1) is 0 Å². The van der Waals surface area contributed by atoms with Gasteiger partial charge in [-0.25, -0.2) is 0 Å². The number of piperazine rings is 1. The zero-order valence-corrected chi connectivity index (χ0v) is 16.3. The van der Waals surface area contributed by atoms with Crippen molar-refractivity contribution in [3.8, 4) is 0 Å². The zero-order valence-electron chi connectivity index (χ0n) is 15.5. The summed E-state index contributed by atoms with van der Waals surface area (Å²) in [5.74, 6) is 0.126. The third kappa shape index (κ3) is 4.77. The zero-order chi connectivity index (χ0) is 18.5. The Balaban J connectivity index is 1.17. The number of aromatic amines is 1. The average Bonchev–Trinajstić information content (AvgIpc) is 3.34. The van der Waals surface area contributed by atoms with Crippen molar-refractivity contribution >= 4 is 28.1 Å². The molecule has 3 heterocycles. The van der Waals surface area contributed by atoms with Gasteiger partial charge in [-0.3, -0.25) is 14.6 Å². The molecular formula is C21H26N4OS. The van der Waals surface area contributed by atoms with Crippen LogP contribution in [-0.4, -0.2) is 60.0 Å². The first kappa shape index (κ1) is 18.2. The van der Waals surface area contributed by atoms with Crippen molar-refractivity contribution in [1.29, 1.82) is 0 Å². The molecule has 0 unspecified atom stereocenters. The van der Waals surface area contributed by atoms with E-state index in [0.29, 0.717) is 13.1 Å². The van der Waals surface area contributed by atoms with Crippen LogP contribution in [0.4, 0.5) is 0 Å². The molecule has 0 aliphatic carbocycles. The number of nitrogens with zero attached hydrogens (tertiary/aromatic N) is 2. The van der Waals surface area contributed by atoms with Crippen molar-refractivity contribution in [3.63, 3.8) is 0 Å². The maximum atomic E-state index is 12.3. The molecule has 0 spiro atoms. The van der Waals surface area contributed by atoms with Crippen LogP contribution in [0.1, 0.15) is 10.4 Å². The van der Waals surface area contributed by atoms with Crippen LogP contribution in [0.5, 0.6) is 0 Å². The molecule has 142 valence electrons. The van der Waals surface area contributed by atoms with Gasteiger partial charge < -0.3 is 10.3 Å². The van der Waals surface area contributed by atoms with Gasteiger partial charge in [0.15, 0.2) is 0 Å². The summed E-state index contributed by atoms with van der Waals surface area (Å²) in [5, 5.41) is 6.45. The molecule has 0 atom stereocenters. The Hall–Kier alpha value is -2.15. The Labute approximate surface area is 164 Å². The Morgan fingerprint density at radius 2 is 1.89 bits per heavy atom. The fraction of sp³-hybridized carbons (Fsp3) is 0.381. The monoisotopic (exact) mass is 382 g/mol. The van der Waals surface area contributed by atoms with Crippen LogP contribution in [0.2, 0.25) is 0 Å². The van der Waals surface area contributed by atoms with Gasteiger partial charge in [0.2, 0.25) is 5.91 Å². The van der Waals surface area contributed by atoms with Crippen molar-refractivity contribution in [2.45, 2.75) is 13.0 Å². The molecule has 0 saturated carbocycles. The number of fused-ring (bicyclic) bond motifs is 1. The van der Waals surface area contributed by atoms with Gasteiger partial charge in [-0.05, 0) is 29.5 Å². The van der Waals surface area contributed by atoms with E-state index in [4.69, 9.17) is 0 Å². The van der Waals surface area contributed by atoms with Crippen LogP contribution < -0.4 is 5.32 Å². The van der Waals surface area contributed by atoms with Crippen molar-refractivity contribution in [2.75, 3.05) is 39.3 Å². The highest BCUT2D eigenvalue weighted by molar-refractivity contribution is 7.09. The SMILES string of the molecule is O=C(CN1CCN(Cc2cccs2)CC1)NCCc1c[nH]c2ccccc12. The number of nitrogens with one attached hydrogen (secondary N) is 2. The van der Waals surface area contributed by atoms with Crippen LogP contribution in [-0.2, 0) is 17.8 Å². The minimum atomic E-state index is 0.126. The lowest BCUT2D eigenvalue weighted by atomic mass is 10.1. The Morgan fingerprint density at radius 1 is 1.07 bits per heavy atom. The number of amides is 1. The molecule has 1 fully saturated rings. The highest BCUT2D eigenvalue weighted by Crippen LogP contribution is 2.17. The highest BCUT2D eigenvalue weighted by atomic mass is 32.1. The molecule has 2 aromatic heterocycles. The maximum Gasteiger partial charge on any atom is 0.234 e. The van der Waals surface area contributed by atoms with Crippen molar-refractivity contribution < 1.29 is 4.79 Å². The third-order valence-electron chi connectivity index (χ3n) is 5.18. The Bertz CT molecular complexity index is 865. The lowest BCUT2D eigenvalue weighted by Gasteiger charge is -2.34. The van der Waals surface area contributed by atoms with E-state index in [0.717, 1.165) is 44.7 Å². The maximum absolute atomic E-state index is 12.3. The number of hydrogen-bond acceptors (Lipinski definition) is 4. The van der Waals surface area contributed by atoms with Crippen molar-refractivity contribution in [1.82, 2.24) is 20.1 Å². The predicted molar refractivity (Wildman–Crippen MR) is 111 cm³/mol. The van der Waals surface area contributed by atoms with Gasteiger partial charge >= 0.3 is 0 Å². The molecular weight excluding hydrogens is 356 g/mol. The van der Waals surface area contributed by atoms with Crippen molar-refractivity contribution in [2.24, 2.45) is 0 Å². The second-order valence-corrected chi connectivity index (χ2v) is 8.12. The molecule has 0 bridgehead atoms. The lowest BCUT2D eigenvalue weighted by Crippen LogP contribution is -2.49. The number of para-hydroxylation sites is 1. The Kier molecular flexibility index (Phi) is 5.87. The average molecular weight is 383 g/mol. The summed E-state index contributed by atoms with van der Waals surface area (Å²) < 4.78 is 0. The van der Waals surface area contributed by atoms with E-state index in [2.05, 4.69) is 55.8 Å². The first-order valence-electron chi connectivity index (χ1n) is 9.57. The minimum Gasteiger partial charge on any atom is -0.361 e. The largest absolute Gasteiger partial charge is 0.361 e. The molecule has 1 aliphatic heterocycles. The summed E-state index contributed by atoms with van der Waals surface area (Å²) in [6, 6.07) is 12.6. The van der Waals surface area contributed by atoms with Gasteiger partial charge in [0.25, 0.3) is 0 Å². The van der Waals surface area contributed by atoms with E-state index >= 15 is 0 Å². The van der Waals surface area contributed by atoms with Gasteiger partial charge in [0.1, 0.15) is 0 Å². The standard InChI is InChI=1S/C21H26N4OS/c26-21(22-8-7-17-14-23-20-6-2-1-5-19(17)20)16-25-11-9-24(10-12-25)15-18-4-3-13-27-18/h1-6,13-14,23H,7-12,15-16H2,(H,22,26). The second kappa shape index (κ2) is 8.69. The number of rotatable bonds is 7. The predicted octanol–water partition coefficient (Wildman–Crippen LogP) is 2.71. The summed E-state index contributed by atoms with van der Waals surface area (Å²) in [5.41, 5.74) is 2.41. The van der Waals surface area contributed by atoms with Gasteiger partial charge in [0.05, 0.1) is 6.54 Å². The number of carbonyl (C=O) groups is 1. The smallest absolute Gasteiger partial charge is 0.234 e. The molecule has 1 aromatic carbocycles.